The molecule has 2 rings (SSSR count). The summed E-state index contributed by atoms with van der Waals surface area (Å²) < 4.78 is 12.1. The van der Waals surface area contributed by atoms with Gasteiger partial charge in [-0.1, -0.05) is 13.8 Å². The molecule has 0 aliphatic heterocycles. The van der Waals surface area contributed by atoms with E-state index < -0.39 is 5.97 Å². The van der Waals surface area contributed by atoms with Crippen molar-refractivity contribution in [2.45, 2.75) is 40.3 Å². The van der Waals surface area contributed by atoms with Gasteiger partial charge in [-0.25, -0.2) is 0 Å². The molecule has 0 saturated carbocycles. The van der Waals surface area contributed by atoms with Gasteiger partial charge in [0.25, 0.3) is 5.56 Å². The second-order valence-corrected chi connectivity index (χ2v) is 6.24. The highest BCUT2D eigenvalue weighted by molar-refractivity contribution is 5.83. The maximum Gasteiger partial charge on any atom is 0.326 e. The first-order valence-electron chi connectivity index (χ1n) is 7.82. The minimum absolute atomic E-state index is 0.0727. The molecule has 0 radical (unpaired) electrons. The third kappa shape index (κ3) is 4.58. The SMILES string of the molecule is CC(C)COC(=O)Cn1ccc2cc(OC(C)C)ccc2c1=O. The monoisotopic (exact) mass is 317 g/mol. The Morgan fingerprint density at radius 3 is 2.57 bits per heavy atom. The summed E-state index contributed by atoms with van der Waals surface area (Å²) in [5.41, 5.74) is -0.208. The van der Waals surface area contributed by atoms with Crippen LogP contribution in [-0.2, 0) is 16.1 Å². The smallest absolute Gasteiger partial charge is 0.326 e. The maximum absolute atomic E-state index is 12.4. The molecule has 0 aliphatic rings. The number of esters is 1. The molecule has 23 heavy (non-hydrogen) atoms. The Hall–Kier alpha value is -2.30. The lowest BCUT2D eigenvalue weighted by Gasteiger charge is -2.12. The zero-order chi connectivity index (χ0) is 17.0. The van der Waals surface area contributed by atoms with Crippen molar-refractivity contribution >= 4 is 16.7 Å². The summed E-state index contributed by atoms with van der Waals surface area (Å²) >= 11 is 0. The Bertz CT molecular complexity index is 746. The van der Waals surface area contributed by atoms with E-state index in [-0.39, 0.29) is 24.1 Å². The van der Waals surface area contributed by atoms with Crippen molar-refractivity contribution in [3.8, 4) is 5.75 Å². The third-order valence-electron chi connectivity index (χ3n) is 3.20. The Labute approximate surface area is 135 Å². The van der Waals surface area contributed by atoms with Gasteiger partial charge in [0.05, 0.1) is 12.7 Å². The lowest BCUT2D eigenvalue weighted by atomic mass is 10.1. The number of pyridine rings is 1. The molecule has 0 saturated heterocycles. The number of ether oxygens (including phenoxy) is 2. The molecular weight excluding hydrogens is 294 g/mol. The highest BCUT2D eigenvalue weighted by Crippen LogP contribution is 2.19. The molecule has 0 atom stereocenters. The number of hydrogen-bond donors (Lipinski definition) is 0. The second kappa shape index (κ2) is 7.31. The van der Waals surface area contributed by atoms with Crippen LogP contribution < -0.4 is 10.3 Å². The zero-order valence-corrected chi connectivity index (χ0v) is 14.0. The third-order valence-corrected chi connectivity index (χ3v) is 3.20. The molecule has 1 aromatic heterocycles. The summed E-state index contributed by atoms with van der Waals surface area (Å²) in [5.74, 6) is 0.590. The number of fused-ring (bicyclic) bond motifs is 1. The quantitative estimate of drug-likeness (QED) is 0.769. The van der Waals surface area contributed by atoms with Gasteiger partial charge in [0.2, 0.25) is 0 Å². The molecule has 5 nitrogen and oxygen atoms in total. The van der Waals surface area contributed by atoms with Gasteiger partial charge in [0, 0.05) is 11.6 Å². The minimum Gasteiger partial charge on any atom is -0.491 e. The molecule has 0 amide bonds. The minimum atomic E-state index is -0.403. The lowest BCUT2D eigenvalue weighted by molar-refractivity contribution is -0.145. The molecule has 0 aliphatic carbocycles. The Balaban J connectivity index is 2.22. The molecule has 0 fully saturated rings. The molecular formula is C18H23NO4. The molecule has 2 aromatic rings. The van der Waals surface area contributed by atoms with E-state index in [1.165, 1.54) is 4.57 Å². The van der Waals surface area contributed by atoms with Crippen LogP contribution in [0.3, 0.4) is 0 Å². The molecule has 0 spiro atoms. The van der Waals surface area contributed by atoms with Gasteiger partial charge >= 0.3 is 5.97 Å². The molecule has 0 unspecified atom stereocenters. The first-order chi connectivity index (χ1) is 10.9. The summed E-state index contributed by atoms with van der Waals surface area (Å²) in [6, 6.07) is 7.13. The van der Waals surface area contributed by atoms with E-state index in [1.807, 2.05) is 33.8 Å². The van der Waals surface area contributed by atoms with Gasteiger partial charge in [-0.3, -0.25) is 9.59 Å². The van der Waals surface area contributed by atoms with Gasteiger partial charge in [0.1, 0.15) is 12.3 Å². The van der Waals surface area contributed by atoms with E-state index in [2.05, 4.69) is 0 Å². The van der Waals surface area contributed by atoms with Gasteiger partial charge in [-0.2, -0.15) is 0 Å². The van der Waals surface area contributed by atoms with Crippen LogP contribution in [0, 0.1) is 5.92 Å². The summed E-state index contributed by atoms with van der Waals surface area (Å²) in [5, 5.41) is 1.35. The second-order valence-electron chi connectivity index (χ2n) is 6.24. The van der Waals surface area contributed by atoms with Crippen LogP contribution in [0.1, 0.15) is 27.7 Å². The Kier molecular flexibility index (Phi) is 5.42. The van der Waals surface area contributed by atoms with Gasteiger partial charge in [0.15, 0.2) is 0 Å². The molecule has 124 valence electrons. The first-order valence-corrected chi connectivity index (χ1v) is 7.82. The van der Waals surface area contributed by atoms with Crippen LogP contribution in [0.4, 0.5) is 0 Å². The molecule has 1 aromatic carbocycles. The van der Waals surface area contributed by atoms with Gasteiger partial charge in [-0.05, 0) is 49.4 Å². The van der Waals surface area contributed by atoms with Crippen LogP contribution in [-0.4, -0.2) is 23.2 Å². The highest BCUT2D eigenvalue weighted by atomic mass is 16.5. The highest BCUT2D eigenvalue weighted by Gasteiger charge is 2.10. The van der Waals surface area contributed by atoms with Crippen molar-refractivity contribution in [3.63, 3.8) is 0 Å². The predicted molar refractivity (Wildman–Crippen MR) is 89.8 cm³/mol. The van der Waals surface area contributed by atoms with Crippen LogP contribution in [0.15, 0.2) is 35.3 Å². The fraction of sp³-hybridized carbons (Fsp3) is 0.444. The standard InChI is InChI=1S/C18H23NO4/c1-12(2)11-22-17(20)10-19-8-7-14-9-15(23-13(3)4)5-6-16(14)18(19)21/h5-9,12-13H,10-11H2,1-4H3. The van der Waals surface area contributed by atoms with E-state index in [0.29, 0.717) is 12.0 Å². The van der Waals surface area contributed by atoms with E-state index >= 15 is 0 Å². The summed E-state index contributed by atoms with van der Waals surface area (Å²) in [6.07, 6.45) is 1.68. The Morgan fingerprint density at radius 2 is 1.91 bits per heavy atom. The molecule has 5 heteroatoms. The number of carbonyl (C=O) groups excluding carboxylic acids is 1. The summed E-state index contributed by atoms with van der Waals surface area (Å²) in [6.45, 7) is 8.11. The zero-order valence-electron chi connectivity index (χ0n) is 14.0. The fourth-order valence-corrected chi connectivity index (χ4v) is 2.18. The number of benzene rings is 1. The topological polar surface area (TPSA) is 57.5 Å². The van der Waals surface area contributed by atoms with Crippen LogP contribution >= 0.6 is 0 Å². The van der Waals surface area contributed by atoms with Crippen molar-refractivity contribution < 1.29 is 14.3 Å². The fourth-order valence-electron chi connectivity index (χ4n) is 2.18. The molecule has 1 heterocycles. The summed E-state index contributed by atoms with van der Waals surface area (Å²) in [4.78, 5) is 24.2. The first kappa shape index (κ1) is 17.1. The average molecular weight is 317 g/mol. The van der Waals surface area contributed by atoms with Crippen molar-refractivity contribution in [3.05, 3.63) is 40.8 Å². The van der Waals surface area contributed by atoms with Crippen LogP contribution in [0.5, 0.6) is 5.75 Å². The molecule has 0 bridgehead atoms. The lowest BCUT2D eigenvalue weighted by Crippen LogP contribution is -2.25. The number of rotatable bonds is 6. The van der Waals surface area contributed by atoms with Gasteiger partial charge in [-0.15, -0.1) is 0 Å². The number of carbonyl (C=O) groups is 1. The number of hydrogen-bond acceptors (Lipinski definition) is 4. The van der Waals surface area contributed by atoms with E-state index in [9.17, 15) is 9.59 Å². The predicted octanol–water partition coefficient (Wildman–Crippen LogP) is 2.99. The Morgan fingerprint density at radius 1 is 1.17 bits per heavy atom. The van der Waals surface area contributed by atoms with E-state index in [0.717, 1.165) is 11.1 Å². The van der Waals surface area contributed by atoms with Crippen molar-refractivity contribution in [2.24, 2.45) is 5.92 Å². The van der Waals surface area contributed by atoms with Crippen molar-refractivity contribution in [1.29, 1.82) is 0 Å². The number of nitrogens with zero attached hydrogens (tertiary/aromatic N) is 1. The van der Waals surface area contributed by atoms with E-state index in [1.54, 1.807) is 24.4 Å². The maximum atomic E-state index is 12.4. The number of aromatic nitrogens is 1. The van der Waals surface area contributed by atoms with Crippen molar-refractivity contribution in [1.82, 2.24) is 4.57 Å². The van der Waals surface area contributed by atoms with Crippen molar-refractivity contribution in [2.75, 3.05) is 6.61 Å². The largest absolute Gasteiger partial charge is 0.491 e. The van der Waals surface area contributed by atoms with Gasteiger partial charge < -0.3 is 14.0 Å². The van der Waals surface area contributed by atoms with Crippen LogP contribution in [0.25, 0.3) is 10.8 Å². The normalized spacial score (nSPS) is 11.2. The van der Waals surface area contributed by atoms with E-state index in [4.69, 9.17) is 9.47 Å². The van der Waals surface area contributed by atoms with Crippen LogP contribution in [0.2, 0.25) is 0 Å². The average Bonchev–Trinajstić information content (AvgIpc) is 2.47. The summed E-state index contributed by atoms with van der Waals surface area (Å²) in [7, 11) is 0. The molecule has 0 N–H and O–H groups in total.